The van der Waals surface area contributed by atoms with Crippen LogP contribution in [0.4, 0.5) is 5.82 Å². The maximum absolute atomic E-state index is 12.2. The number of thioether (sulfide) groups is 1. The Morgan fingerprint density at radius 2 is 2.04 bits per heavy atom. The molecule has 1 atom stereocenters. The Morgan fingerprint density at radius 3 is 2.62 bits per heavy atom. The van der Waals surface area contributed by atoms with E-state index >= 15 is 0 Å². The molecular weight excluding hydrogens is 328 g/mol. The highest BCUT2D eigenvalue weighted by atomic mass is 32.2. The molecule has 0 radical (unpaired) electrons. The van der Waals surface area contributed by atoms with Crippen LogP contribution >= 0.6 is 11.8 Å². The summed E-state index contributed by atoms with van der Waals surface area (Å²) in [6, 6.07) is 9.12. The van der Waals surface area contributed by atoms with Crippen molar-refractivity contribution in [3.63, 3.8) is 0 Å². The highest BCUT2D eigenvalue weighted by molar-refractivity contribution is 8.00. The Kier molecular flexibility index (Phi) is 6.99. The Hall–Kier alpha value is -2.15. The summed E-state index contributed by atoms with van der Waals surface area (Å²) in [5.74, 6) is 3.34. The molecule has 0 aliphatic carbocycles. The van der Waals surface area contributed by atoms with Crippen LogP contribution in [0.1, 0.15) is 19.1 Å². The monoisotopic (exact) mass is 350 g/mol. The third kappa shape index (κ3) is 5.49. The van der Waals surface area contributed by atoms with Crippen LogP contribution in [0.5, 0.6) is 11.5 Å². The molecule has 130 valence electrons. The molecule has 1 amide bonds. The average molecular weight is 350 g/mol. The number of rotatable bonds is 9. The van der Waals surface area contributed by atoms with Gasteiger partial charge in [-0.3, -0.25) is 4.79 Å². The van der Waals surface area contributed by atoms with Gasteiger partial charge in [0.1, 0.15) is 17.3 Å². The number of methoxy groups -OCH3 is 1. The fraction of sp³-hybridized carbons (Fsp3) is 0.412. The van der Waals surface area contributed by atoms with Gasteiger partial charge in [0.2, 0.25) is 5.91 Å². The first-order valence-corrected chi connectivity index (χ1v) is 8.80. The molecule has 0 fully saturated rings. The quantitative estimate of drug-likeness (QED) is 0.698. The Labute approximate surface area is 145 Å². The third-order valence-corrected chi connectivity index (χ3v) is 4.63. The fourth-order valence-corrected chi connectivity index (χ4v) is 2.94. The molecule has 0 bridgehead atoms. The summed E-state index contributed by atoms with van der Waals surface area (Å²) in [5, 5.41) is 6.39. The van der Waals surface area contributed by atoms with Gasteiger partial charge in [0.25, 0.3) is 0 Å². The average Bonchev–Trinajstić information content (AvgIpc) is 3.00. The molecule has 1 aromatic carbocycles. The van der Waals surface area contributed by atoms with E-state index in [1.165, 1.54) is 0 Å². The summed E-state index contributed by atoms with van der Waals surface area (Å²) in [6.07, 6.45) is 0.732. The third-order valence-electron chi connectivity index (χ3n) is 3.27. The van der Waals surface area contributed by atoms with Crippen molar-refractivity contribution in [2.75, 3.05) is 24.8 Å². The largest absolute Gasteiger partial charge is 0.497 e. The van der Waals surface area contributed by atoms with E-state index in [1.807, 2.05) is 31.2 Å². The number of carbonyl (C=O) groups is 1. The summed E-state index contributed by atoms with van der Waals surface area (Å²) in [5.41, 5.74) is 0. The molecule has 1 aromatic heterocycles. The first kappa shape index (κ1) is 18.2. The van der Waals surface area contributed by atoms with Crippen molar-refractivity contribution in [1.29, 1.82) is 0 Å². The van der Waals surface area contributed by atoms with Crippen LogP contribution in [0.3, 0.4) is 0 Å². The summed E-state index contributed by atoms with van der Waals surface area (Å²) in [7, 11) is 1.63. The van der Waals surface area contributed by atoms with Crippen molar-refractivity contribution in [1.82, 2.24) is 5.16 Å². The molecule has 1 heterocycles. The number of anilines is 1. The van der Waals surface area contributed by atoms with Crippen LogP contribution in [-0.4, -0.2) is 35.8 Å². The number of amides is 1. The summed E-state index contributed by atoms with van der Waals surface area (Å²) < 4.78 is 15.7. The van der Waals surface area contributed by atoms with Gasteiger partial charge in [-0.05, 0) is 37.6 Å². The molecule has 0 aliphatic rings. The first-order valence-electron chi connectivity index (χ1n) is 7.75. The van der Waals surface area contributed by atoms with Crippen molar-refractivity contribution in [3.05, 3.63) is 36.1 Å². The summed E-state index contributed by atoms with van der Waals surface area (Å²) in [6.45, 7) is 4.30. The lowest BCUT2D eigenvalue weighted by atomic mass is 10.3. The lowest BCUT2D eigenvalue weighted by Crippen LogP contribution is -2.25. The Balaban J connectivity index is 1.73. The van der Waals surface area contributed by atoms with Crippen molar-refractivity contribution < 1.29 is 18.8 Å². The second kappa shape index (κ2) is 9.22. The summed E-state index contributed by atoms with van der Waals surface area (Å²) in [4.78, 5) is 12.2. The summed E-state index contributed by atoms with van der Waals surface area (Å²) >= 11 is 1.56. The molecule has 0 unspecified atom stereocenters. The number of carbonyl (C=O) groups excluding carboxylic acids is 1. The second-order valence-corrected chi connectivity index (χ2v) is 6.41. The van der Waals surface area contributed by atoms with Crippen molar-refractivity contribution in [2.24, 2.45) is 0 Å². The number of nitrogens with zero attached hydrogens (tertiary/aromatic N) is 1. The zero-order valence-corrected chi connectivity index (χ0v) is 14.9. The zero-order valence-electron chi connectivity index (χ0n) is 14.1. The van der Waals surface area contributed by atoms with Gasteiger partial charge >= 0.3 is 0 Å². The van der Waals surface area contributed by atoms with Crippen molar-refractivity contribution >= 4 is 23.5 Å². The number of hydrogen-bond donors (Lipinski definition) is 1. The van der Waals surface area contributed by atoms with E-state index in [0.717, 1.165) is 23.7 Å². The Bertz CT molecular complexity index is 642. The van der Waals surface area contributed by atoms with Gasteiger partial charge in [-0.25, -0.2) is 0 Å². The molecule has 2 rings (SSSR count). The molecule has 0 saturated heterocycles. The standard InChI is InChI=1S/C17H22N2O4S/c1-4-15(17(20)18-16-11-12(2)23-19-16)24-10-9-22-14-7-5-13(21-3)6-8-14/h5-8,11,15H,4,9-10H2,1-3H3,(H,18,19,20)/t15-/m1/s1. The van der Waals surface area contributed by atoms with E-state index in [0.29, 0.717) is 18.2 Å². The molecule has 2 aromatic rings. The minimum Gasteiger partial charge on any atom is -0.497 e. The predicted octanol–water partition coefficient (Wildman–Crippen LogP) is 3.52. The van der Waals surface area contributed by atoms with Crippen molar-refractivity contribution in [2.45, 2.75) is 25.5 Å². The van der Waals surface area contributed by atoms with E-state index in [-0.39, 0.29) is 11.2 Å². The van der Waals surface area contributed by atoms with Gasteiger partial charge in [0.05, 0.1) is 19.0 Å². The van der Waals surface area contributed by atoms with Gasteiger partial charge in [0.15, 0.2) is 5.82 Å². The normalized spacial score (nSPS) is 11.8. The second-order valence-electron chi connectivity index (χ2n) is 5.10. The van der Waals surface area contributed by atoms with Crippen LogP contribution in [0, 0.1) is 6.92 Å². The molecule has 1 N–H and O–H groups in total. The van der Waals surface area contributed by atoms with Gasteiger partial charge in [0, 0.05) is 11.8 Å². The smallest absolute Gasteiger partial charge is 0.238 e. The highest BCUT2D eigenvalue weighted by Crippen LogP contribution is 2.20. The number of ether oxygens (including phenoxy) is 2. The van der Waals surface area contributed by atoms with E-state index in [9.17, 15) is 4.79 Å². The molecule has 6 nitrogen and oxygen atoms in total. The van der Waals surface area contributed by atoms with Crippen LogP contribution in [0.15, 0.2) is 34.9 Å². The molecule has 0 saturated carbocycles. The first-order chi connectivity index (χ1) is 11.6. The minimum absolute atomic E-state index is 0.0692. The maximum atomic E-state index is 12.2. The number of nitrogens with one attached hydrogen (secondary N) is 1. The zero-order chi connectivity index (χ0) is 17.4. The van der Waals surface area contributed by atoms with Crippen LogP contribution in [0.25, 0.3) is 0 Å². The van der Waals surface area contributed by atoms with E-state index < -0.39 is 0 Å². The Morgan fingerprint density at radius 1 is 1.33 bits per heavy atom. The topological polar surface area (TPSA) is 73.6 Å². The highest BCUT2D eigenvalue weighted by Gasteiger charge is 2.18. The predicted molar refractivity (Wildman–Crippen MR) is 94.9 cm³/mol. The number of benzene rings is 1. The van der Waals surface area contributed by atoms with E-state index in [2.05, 4.69) is 10.5 Å². The van der Waals surface area contributed by atoms with E-state index in [1.54, 1.807) is 31.9 Å². The lowest BCUT2D eigenvalue weighted by molar-refractivity contribution is -0.115. The van der Waals surface area contributed by atoms with Crippen LogP contribution in [0.2, 0.25) is 0 Å². The molecule has 7 heteroatoms. The number of hydrogen-bond acceptors (Lipinski definition) is 6. The molecular formula is C17H22N2O4S. The molecule has 24 heavy (non-hydrogen) atoms. The maximum Gasteiger partial charge on any atom is 0.238 e. The number of aromatic nitrogens is 1. The lowest BCUT2D eigenvalue weighted by Gasteiger charge is -2.14. The van der Waals surface area contributed by atoms with Gasteiger partial charge < -0.3 is 19.3 Å². The van der Waals surface area contributed by atoms with Crippen LogP contribution < -0.4 is 14.8 Å². The fourth-order valence-electron chi connectivity index (χ4n) is 2.03. The SMILES string of the molecule is CC[C@@H](SCCOc1ccc(OC)cc1)C(=O)Nc1cc(C)on1. The van der Waals surface area contributed by atoms with Gasteiger partial charge in [-0.2, -0.15) is 0 Å². The number of aryl methyl sites for hydroxylation is 1. The minimum atomic E-state index is -0.151. The van der Waals surface area contributed by atoms with Gasteiger partial charge in [-0.15, -0.1) is 11.8 Å². The van der Waals surface area contributed by atoms with Crippen LogP contribution in [-0.2, 0) is 4.79 Å². The molecule has 0 spiro atoms. The molecule has 0 aliphatic heterocycles. The van der Waals surface area contributed by atoms with Crippen molar-refractivity contribution in [3.8, 4) is 11.5 Å². The van der Waals surface area contributed by atoms with E-state index in [4.69, 9.17) is 14.0 Å². The van der Waals surface area contributed by atoms with Gasteiger partial charge in [-0.1, -0.05) is 12.1 Å².